The van der Waals surface area contributed by atoms with Gasteiger partial charge in [0, 0.05) is 5.92 Å². The molecule has 1 atom stereocenters. The van der Waals surface area contributed by atoms with Gasteiger partial charge in [0.1, 0.15) is 0 Å². The van der Waals surface area contributed by atoms with Crippen LogP contribution in [0.2, 0.25) is 0 Å². The smallest absolute Gasteiger partial charge is 0.00265 e. The third-order valence-corrected chi connectivity index (χ3v) is 3.75. The monoisotopic (exact) mass is 220 g/mol. The number of allylic oxidation sites excluding steroid dienone is 1. The first-order chi connectivity index (χ1) is 8.27. The molecule has 0 bridgehead atoms. The zero-order valence-electron chi connectivity index (χ0n) is 10.3. The Morgan fingerprint density at radius 2 is 1.65 bits per heavy atom. The lowest BCUT2D eigenvalue weighted by Gasteiger charge is -2.10. The molecule has 0 saturated heterocycles. The molecule has 1 aliphatic rings. The van der Waals surface area contributed by atoms with Crippen LogP contribution in [0, 0.1) is 0 Å². The number of fused-ring (bicyclic) bond motifs is 1. The number of rotatable bonds is 1. The molecule has 3 rings (SSSR count). The van der Waals surface area contributed by atoms with Crippen molar-refractivity contribution in [2.75, 3.05) is 0 Å². The predicted molar refractivity (Wildman–Crippen MR) is 73.9 cm³/mol. The van der Waals surface area contributed by atoms with Gasteiger partial charge in [-0.05, 0) is 29.2 Å². The average Bonchev–Trinajstić information content (AvgIpc) is 2.67. The van der Waals surface area contributed by atoms with Crippen LogP contribution in [-0.4, -0.2) is 0 Å². The molecular formula is C17H16. The largest absolute Gasteiger partial charge is 0.0655 e. The number of hydrogen-bond donors (Lipinski definition) is 0. The van der Waals surface area contributed by atoms with Crippen molar-refractivity contribution in [3.63, 3.8) is 0 Å². The van der Waals surface area contributed by atoms with Gasteiger partial charge in [-0.15, -0.1) is 0 Å². The van der Waals surface area contributed by atoms with Crippen LogP contribution in [0.25, 0.3) is 17.2 Å². The molecular weight excluding hydrogens is 204 g/mol. The minimum absolute atomic E-state index is 0.564. The summed E-state index contributed by atoms with van der Waals surface area (Å²) in [6.45, 7) is 4.51. The Balaban J connectivity index is 2.22. The first-order valence-electron chi connectivity index (χ1n) is 6.14. The predicted octanol–water partition coefficient (Wildman–Crippen LogP) is 4.87. The maximum Gasteiger partial charge on any atom is 0.00265 e. The summed E-state index contributed by atoms with van der Waals surface area (Å²) in [7, 11) is 0. The highest BCUT2D eigenvalue weighted by Gasteiger charge is 2.20. The molecule has 0 aliphatic heterocycles. The van der Waals surface area contributed by atoms with Crippen molar-refractivity contribution in [1.82, 2.24) is 0 Å². The van der Waals surface area contributed by atoms with E-state index < -0.39 is 0 Å². The van der Waals surface area contributed by atoms with E-state index in [4.69, 9.17) is 0 Å². The highest BCUT2D eigenvalue weighted by atomic mass is 14.2. The van der Waals surface area contributed by atoms with Gasteiger partial charge in [0.2, 0.25) is 0 Å². The Hall–Kier alpha value is -1.82. The molecule has 17 heavy (non-hydrogen) atoms. The topological polar surface area (TPSA) is 0 Å². The van der Waals surface area contributed by atoms with Crippen LogP contribution < -0.4 is 0 Å². The number of benzene rings is 2. The van der Waals surface area contributed by atoms with Gasteiger partial charge in [-0.1, -0.05) is 67.1 Å². The van der Waals surface area contributed by atoms with Gasteiger partial charge in [0.05, 0.1) is 0 Å². The molecule has 0 nitrogen and oxygen atoms in total. The Kier molecular flexibility index (Phi) is 2.36. The first kappa shape index (κ1) is 10.3. The van der Waals surface area contributed by atoms with E-state index in [0.717, 1.165) is 0 Å². The Morgan fingerprint density at radius 3 is 2.41 bits per heavy atom. The third-order valence-electron chi connectivity index (χ3n) is 3.75. The molecule has 0 heterocycles. The molecule has 0 saturated carbocycles. The third kappa shape index (κ3) is 1.61. The maximum absolute atomic E-state index is 2.34. The Bertz CT molecular complexity index is 576. The van der Waals surface area contributed by atoms with Crippen LogP contribution in [0.4, 0.5) is 0 Å². The van der Waals surface area contributed by atoms with Crippen LogP contribution in [0.3, 0.4) is 0 Å². The fraction of sp³-hybridized carbons (Fsp3) is 0.176. The highest BCUT2D eigenvalue weighted by Crippen LogP contribution is 2.40. The van der Waals surface area contributed by atoms with E-state index in [2.05, 4.69) is 68.5 Å². The van der Waals surface area contributed by atoms with Crippen molar-refractivity contribution in [1.29, 1.82) is 0 Å². The zero-order valence-corrected chi connectivity index (χ0v) is 10.3. The lowest BCUT2D eigenvalue weighted by Crippen LogP contribution is -1.91. The Morgan fingerprint density at radius 1 is 0.882 bits per heavy atom. The number of hydrogen-bond acceptors (Lipinski definition) is 0. The van der Waals surface area contributed by atoms with Crippen molar-refractivity contribution in [3.8, 4) is 11.1 Å². The highest BCUT2D eigenvalue weighted by molar-refractivity contribution is 5.81. The molecule has 1 unspecified atom stereocenters. The van der Waals surface area contributed by atoms with Crippen molar-refractivity contribution < 1.29 is 0 Å². The van der Waals surface area contributed by atoms with Crippen molar-refractivity contribution in [2.45, 2.75) is 19.8 Å². The lowest BCUT2D eigenvalue weighted by atomic mass is 9.94. The summed E-state index contributed by atoms with van der Waals surface area (Å²) in [5, 5.41) is 0. The van der Waals surface area contributed by atoms with Crippen molar-refractivity contribution in [2.24, 2.45) is 0 Å². The van der Waals surface area contributed by atoms with Gasteiger partial charge >= 0.3 is 0 Å². The lowest BCUT2D eigenvalue weighted by molar-refractivity contribution is 0.922. The van der Waals surface area contributed by atoms with Gasteiger partial charge in [-0.25, -0.2) is 0 Å². The molecule has 1 aliphatic carbocycles. The quantitative estimate of drug-likeness (QED) is 0.643. The molecule has 0 heteroatoms. The minimum atomic E-state index is 0.564. The summed E-state index contributed by atoms with van der Waals surface area (Å²) in [5.74, 6) is 0.564. The molecule has 2 aromatic rings. The summed E-state index contributed by atoms with van der Waals surface area (Å²) in [5.41, 5.74) is 6.99. The van der Waals surface area contributed by atoms with Gasteiger partial charge in [-0.2, -0.15) is 0 Å². The van der Waals surface area contributed by atoms with Gasteiger partial charge in [0.15, 0.2) is 0 Å². The van der Waals surface area contributed by atoms with Crippen LogP contribution in [-0.2, 0) is 0 Å². The summed E-state index contributed by atoms with van der Waals surface area (Å²) >= 11 is 0. The second-order valence-corrected chi connectivity index (χ2v) is 4.78. The first-order valence-corrected chi connectivity index (χ1v) is 6.14. The van der Waals surface area contributed by atoms with Crippen LogP contribution in [0.15, 0.2) is 54.1 Å². The van der Waals surface area contributed by atoms with E-state index in [-0.39, 0.29) is 0 Å². The summed E-state index contributed by atoms with van der Waals surface area (Å²) in [6.07, 6.45) is 2.34. The SMILES string of the molecule is CC1=Cc2c(-c3ccccc3)cccc2C1C. The molecule has 0 spiro atoms. The van der Waals surface area contributed by atoms with Gasteiger partial charge in [0.25, 0.3) is 0 Å². The van der Waals surface area contributed by atoms with E-state index in [9.17, 15) is 0 Å². The van der Waals surface area contributed by atoms with E-state index in [1.54, 1.807) is 0 Å². The van der Waals surface area contributed by atoms with Crippen LogP contribution >= 0.6 is 0 Å². The molecule has 0 radical (unpaired) electrons. The van der Waals surface area contributed by atoms with Crippen LogP contribution in [0.5, 0.6) is 0 Å². The normalized spacial score (nSPS) is 17.8. The molecule has 84 valence electrons. The van der Waals surface area contributed by atoms with E-state index in [1.165, 1.54) is 27.8 Å². The van der Waals surface area contributed by atoms with E-state index in [1.807, 2.05) is 0 Å². The zero-order chi connectivity index (χ0) is 11.8. The standard InChI is InChI=1S/C17H16/c1-12-11-17-15(13(12)2)9-6-10-16(17)14-7-4-3-5-8-14/h3-11,13H,1-2H3. The van der Waals surface area contributed by atoms with Crippen LogP contribution in [0.1, 0.15) is 30.9 Å². The molecule has 0 fully saturated rings. The molecule has 0 N–H and O–H groups in total. The van der Waals surface area contributed by atoms with Crippen molar-refractivity contribution in [3.05, 3.63) is 65.2 Å². The van der Waals surface area contributed by atoms with Gasteiger partial charge in [-0.3, -0.25) is 0 Å². The van der Waals surface area contributed by atoms with E-state index in [0.29, 0.717) is 5.92 Å². The fourth-order valence-electron chi connectivity index (χ4n) is 2.59. The minimum Gasteiger partial charge on any atom is -0.0655 e. The second-order valence-electron chi connectivity index (χ2n) is 4.78. The van der Waals surface area contributed by atoms with E-state index >= 15 is 0 Å². The van der Waals surface area contributed by atoms with Crippen molar-refractivity contribution >= 4 is 6.08 Å². The summed E-state index contributed by atoms with van der Waals surface area (Å²) in [4.78, 5) is 0. The van der Waals surface area contributed by atoms with Gasteiger partial charge < -0.3 is 0 Å². The summed E-state index contributed by atoms with van der Waals surface area (Å²) < 4.78 is 0. The maximum atomic E-state index is 2.34. The molecule has 0 amide bonds. The second kappa shape index (κ2) is 3.89. The summed E-state index contributed by atoms with van der Waals surface area (Å²) in [6, 6.07) is 17.3. The fourth-order valence-corrected chi connectivity index (χ4v) is 2.59. The Labute approximate surface area is 103 Å². The average molecular weight is 220 g/mol. The molecule has 2 aromatic carbocycles. The molecule has 0 aromatic heterocycles.